The summed E-state index contributed by atoms with van der Waals surface area (Å²) in [7, 11) is 0. The number of amides is 2. The minimum atomic E-state index is -1.13. The van der Waals surface area contributed by atoms with Crippen molar-refractivity contribution in [1.29, 1.82) is 0 Å². The second kappa shape index (κ2) is 7.65. The van der Waals surface area contributed by atoms with Crippen LogP contribution in [0.15, 0.2) is 46.3 Å². The van der Waals surface area contributed by atoms with Crippen LogP contribution >= 0.6 is 27.3 Å². The van der Waals surface area contributed by atoms with Gasteiger partial charge in [-0.3, -0.25) is 24.6 Å². The third kappa shape index (κ3) is 3.34. The number of carbonyl (C=O) groups is 3. The fourth-order valence-electron chi connectivity index (χ4n) is 3.85. The highest BCUT2D eigenvalue weighted by molar-refractivity contribution is 9.11. The zero-order chi connectivity index (χ0) is 19.8. The maximum Gasteiger partial charge on any atom is 0.321 e. The number of ether oxygens (including phenoxy) is 1. The van der Waals surface area contributed by atoms with Gasteiger partial charge < -0.3 is 9.84 Å². The molecule has 146 valence electrons. The topological polar surface area (TPSA) is 95.9 Å². The summed E-state index contributed by atoms with van der Waals surface area (Å²) in [6.07, 6.45) is 0. The van der Waals surface area contributed by atoms with Crippen molar-refractivity contribution in [3.8, 4) is 5.75 Å². The Balaban J connectivity index is 1.53. The molecule has 1 aromatic heterocycles. The van der Waals surface area contributed by atoms with Crippen molar-refractivity contribution in [2.45, 2.75) is 12.1 Å². The molecule has 0 radical (unpaired) electrons. The van der Waals surface area contributed by atoms with Crippen molar-refractivity contribution in [1.82, 2.24) is 10.2 Å². The van der Waals surface area contributed by atoms with Gasteiger partial charge in [0.15, 0.2) is 0 Å². The van der Waals surface area contributed by atoms with Crippen molar-refractivity contribution in [3.63, 3.8) is 0 Å². The van der Waals surface area contributed by atoms with Gasteiger partial charge in [-0.25, -0.2) is 0 Å². The quantitative estimate of drug-likeness (QED) is 0.636. The first-order valence-corrected chi connectivity index (χ1v) is 10.4. The van der Waals surface area contributed by atoms with Crippen molar-refractivity contribution in [3.05, 3.63) is 51.1 Å². The Morgan fingerprint density at radius 1 is 1.14 bits per heavy atom. The van der Waals surface area contributed by atoms with E-state index in [1.807, 2.05) is 30.3 Å². The molecular weight excluding hydrogens is 448 g/mol. The molecule has 0 aliphatic carbocycles. The third-order valence-corrected chi connectivity index (χ3v) is 6.77. The summed E-state index contributed by atoms with van der Waals surface area (Å²) in [5.74, 6) is -2.92. The van der Waals surface area contributed by atoms with Crippen LogP contribution in [-0.4, -0.2) is 47.0 Å². The molecule has 4 unspecified atom stereocenters. The number of carboxylic acids is 1. The molecule has 2 aliphatic rings. The number of para-hydroxylation sites is 1. The van der Waals surface area contributed by atoms with Gasteiger partial charge in [-0.1, -0.05) is 18.2 Å². The number of nitrogens with one attached hydrogen (secondary N) is 1. The Hall–Kier alpha value is -2.23. The first-order chi connectivity index (χ1) is 13.5. The monoisotopic (exact) mass is 464 g/mol. The highest BCUT2D eigenvalue weighted by Crippen LogP contribution is 2.45. The Bertz CT molecular complexity index is 918. The number of hydrogen-bond acceptors (Lipinski definition) is 6. The molecule has 9 heteroatoms. The maximum absolute atomic E-state index is 13.0. The number of hydrogen-bond donors (Lipinski definition) is 2. The number of nitrogens with zero attached hydrogens (tertiary/aromatic N) is 1. The molecule has 2 saturated heterocycles. The van der Waals surface area contributed by atoms with E-state index in [2.05, 4.69) is 21.2 Å². The van der Waals surface area contributed by atoms with E-state index in [9.17, 15) is 19.5 Å². The average molecular weight is 465 g/mol. The van der Waals surface area contributed by atoms with Crippen LogP contribution < -0.4 is 10.1 Å². The average Bonchev–Trinajstić information content (AvgIpc) is 3.34. The fraction of sp³-hybridized carbons (Fsp3) is 0.316. The second-order valence-electron chi connectivity index (χ2n) is 6.64. The largest absolute Gasteiger partial charge is 0.492 e. The molecule has 3 heterocycles. The minimum Gasteiger partial charge on any atom is -0.492 e. The smallest absolute Gasteiger partial charge is 0.321 e. The number of carbonyl (C=O) groups excluding carboxylic acids is 2. The Labute approximate surface area is 173 Å². The molecule has 4 atom stereocenters. The van der Waals surface area contributed by atoms with Crippen LogP contribution in [0.3, 0.4) is 0 Å². The lowest BCUT2D eigenvalue weighted by atomic mass is 9.89. The van der Waals surface area contributed by atoms with E-state index < -0.39 is 35.8 Å². The molecule has 7 nitrogen and oxygen atoms in total. The van der Waals surface area contributed by atoms with Crippen LogP contribution in [0.4, 0.5) is 0 Å². The highest BCUT2D eigenvalue weighted by atomic mass is 79.9. The van der Waals surface area contributed by atoms with E-state index in [1.165, 1.54) is 11.3 Å². The number of aliphatic carboxylic acids is 1. The van der Waals surface area contributed by atoms with Crippen molar-refractivity contribution in [2.24, 2.45) is 11.8 Å². The summed E-state index contributed by atoms with van der Waals surface area (Å²) >= 11 is 4.81. The molecule has 2 fully saturated rings. The van der Waals surface area contributed by atoms with Gasteiger partial charge in [0.1, 0.15) is 18.4 Å². The lowest BCUT2D eigenvalue weighted by Crippen LogP contribution is -2.44. The van der Waals surface area contributed by atoms with Gasteiger partial charge in [0.2, 0.25) is 11.8 Å². The lowest BCUT2D eigenvalue weighted by molar-refractivity contribution is -0.146. The minimum absolute atomic E-state index is 0.0900. The lowest BCUT2D eigenvalue weighted by Gasteiger charge is -2.20. The molecule has 0 saturated carbocycles. The van der Waals surface area contributed by atoms with E-state index >= 15 is 0 Å². The van der Waals surface area contributed by atoms with Crippen LogP contribution in [0.1, 0.15) is 10.9 Å². The number of carboxylic acid groups (broad SMARTS) is 1. The molecule has 0 spiro atoms. The molecular formula is C19H17BrN2O5S. The number of imide groups is 1. The number of rotatable bonds is 6. The zero-order valence-corrected chi connectivity index (χ0v) is 17.0. The summed E-state index contributed by atoms with van der Waals surface area (Å²) in [5, 5.41) is 12.5. The first-order valence-electron chi connectivity index (χ1n) is 8.74. The van der Waals surface area contributed by atoms with Gasteiger partial charge in [0.05, 0.1) is 28.2 Å². The van der Waals surface area contributed by atoms with E-state index in [4.69, 9.17) is 4.74 Å². The molecule has 28 heavy (non-hydrogen) atoms. The molecule has 2 N–H and O–H groups in total. The van der Waals surface area contributed by atoms with E-state index in [0.717, 1.165) is 13.6 Å². The Kier molecular flexibility index (Phi) is 5.22. The summed E-state index contributed by atoms with van der Waals surface area (Å²) < 4.78 is 6.47. The number of thiophene rings is 1. The number of benzene rings is 1. The van der Waals surface area contributed by atoms with E-state index in [0.29, 0.717) is 5.75 Å². The van der Waals surface area contributed by atoms with Crippen molar-refractivity contribution in [2.75, 3.05) is 13.2 Å². The molecule has 4 rings (SSSR count). The number of fused-ring (bicyclic) bond motifs is 1. The summed E-state index contributed by atoms with van der Waals surface area (Å²) in [6.45, 7) is 0.244. The maximum atomic E-state index is 13.0. The van der Waals surface area contributed by atoms with Crippen LogP contribution in [0.5, 0.6) is 5.75 Å². The summed E-state index contributed by atoms with van der Waals surface area (Å²) in [4.78, 5) is 39.6. The van der Waals surface area contributed by atoms with Gasteiger partial charge in [0, 0.05) is 4.88 Å². The van der Waals surface area contributed by atoms with Crippen LogP contribution in [0.2, 0.25) is 0 Å². The van der Waals surface area contributed by atoms with E-state index in [1.54, 1.807) is 12.1 Å². The van der Waals surface area contributed by atoms with Crippen molar-refractivity contribution < 1.29 is 24.2 Å². The number of halogens is 1. The normalized spacial score (nSPS) is 26.5. The Morgan fingerprint density at radius 3 is 2.50 bits per heavy atom. The summed E-state index contributed by atoms with van der Waals surface area (Å²) in [6, 6.07) is 11.2. The standard InChI is InChI=1S/C19H17BrN2O5S/c20-12-7-6-11(28-12)15-13-14(16(21-15)19(25)26)18(24)22(17(13)23)8-9-27-10-4-2-1-3-5-10/h1-7,13-16,21H,8-9H2,(H,25,26). The fourth-order valence-corrected chi connectivity index (χ4v) is 5.38. The predicted octanol–water partition coefficient (Wildman–Crippen LogP) is 2.29. The third-order valence-electron chi connectivity index (χ3n) is 5.06. The van der Waals surface area contributed by atoms with Crippen LogP contribution in [-0.2, 0) is 14.4 Å². The Morgan fingerprint density at radius 2 is 1.86 bits per heavy atom. The molecule has 2 aromatic rings. The zero-order valence-electron chi connectivity index (χ0n) is 14.6. The van der Waals surface area contributed by atoms with Gasteiger partial charge in [-0.2, -0.15) is 0 Å². The first kappa shape index (κ1) is 19.1. The van der Waals surface area contributed by atoms with Crippen LogP contribution in [0.25, 0.3) is 0 Å². The second-order valence-corrected chi connectivity index (χ2v) is 9.14. The number of likely N-dealkylation sites (tertiary alicyclic amines) is 1. The highest BCUT2D eigenvalue weighted by Gasteiger charge is 2.61. The molecule has 2 aliphatic heterocycles. The molecule has 0 bridgehead atoms. The SMILES string of the molecule is O=C(O)C1NC(c2ccc(Br)s2)C2C(=O)N(CCOc3ccccc3)C(=O)C12. The van der Waals surface area contributed by atoms with Crippen molar-refractivity contribution >= 4 is 45.1 Å². The predicted molar refractivity (Wildman–Crippen MR) is 105 cm³/mol. The van der Waals surface area contributed by atoms with Gasteiger partial charge in [0.25, 0.3) is 0 Å². The van der Waals surface area contributed by atoms with E-state index in [-0.39, 0.29) is 19.1 Å². The van der Waals surface area contributed by atoms with Gasteiger partial charge >= 0.3 is 5.97 Å². The molecule has 2 amide bonds. The van der Waals surface area contributed by atoms with Crippen LogP contribution in [0, 0.1) is 11.8 Å². The summed E-state index contributed by atoms with van der Waals surface area (Å²) in [5.41, 5.74) is 0. The molecule has 1 aromatic carbocycles. The van der Waals surface area contributed by atoms with Gasteiger partial charge in [-0.15, -0.1) is 11.3 Å². The van der Waals surface area contributed by atoms with Gasteiger partial charge in [-0.05, 0) is 40.2 Å².